The number of hydrogen-bond donors (Lipinski definition) is 1. The van der Waals surface area contributed by atoms with Gasteiger partial charge in [-0.05, 0) is 32.1 Å². The zero-order chi connectivity index (χ0) is 15.5. The van der Waals surface area contributed by atoms with Gasteiger partial charge >= 0.3 is 0 Å². The molecule has 1 aliphatic carbocycles. The van der Waals surface area contributed by atoms with Gasteiger partial charge in [0.25, 0.3) is 0 Å². The van der Waals surface area contributed by atoms with Gasteiger partial charge in [-0.1, -0.05) is 13.3 Å². The molecule has 1 unspecified atom stereocenters. The predicted molar refractivity (Wildman–Crippen MR) is 87.0 cm³/mol. The van der Waals surface area contributed by atoms with Crippen molar-refractivity contribution >= 4 is 28.3 Å². The van der Waals surface area contributed by atoms with Crippen molar-refractivity contribution in [3.8, 4) is 0 Å². The summed E-state index contributed by atoms with van der Waals surface area (Å²) in [5.41, 5.74) is 1.15. The molecule has 2 heterocycles. The third-order valence-corrected chi connectivity index (χ3v) is 5.52. The number of unbranched alkanes of at least 4 members (excludes halogenated alkanes) is 1. The number of likely N-dealkylation sites (tertiary alicyclic amines) is 1. The molecule has 0 spiro atoms. The molecule has 0 bridgehead atoms. The van der Waals surface area contributed by atoms with Crippen LogP contribution in [0.15, 0.2) is 0 Å². The minimum atomic E-state index is -0.231. The van der Waals surface area contributed by atoms with E-state index in [9.17, 15) is 9.59 Å². The highest BCUT2D eigenvalue weighted by molar-refractivity contribution is 7.15. The van der Waals surface area contributed by atoms with Crippen LogP contribution >= 0.6 is 11.3 Å². The van der Waals surface area contributed by atoms with Gasteiger partial charge in [-0.15, -0.1) is 11.3 Å². The van der Waals surface area contributed by atoms with Gasteiger partial charge in [0.15, 0.2) is 5.13 Å². The number of aryl methyl sites for hydroxylation is 2. The fraction of sp³-hybridized carbons (Fsp3) is 0.688. The van der Waals surface area contributed by atoms with Gasteiger partial charge in [-0.3, -0.25) is 9.59 Å². The van der Waals surface area contributed by atoms with E-state index >= 15 is 0 Å². The quantitative estimate of drug-likeness (QED) is 0.907. The molecule has 1 atom stereocenters. The average Bonchev–Trinajstić information content (AvgIpc) is 3.08. The molecule has 0 saturated carbocycles. The zero-order valence-corrected chi connectivity index (χ0v) is 13.9. The lowest BCUT2D eigenvalue weighted by Crippen LogP contribution is -2.29. The van der Waals surface area contributed by atoms with E-state index in [1.165, 1.54) is 17.7 Å². The number of carbonyl (C=O) groups is 2. The van der Waals surface area contributed by atoms with Crippen LogP contribution < -0.4 is 5.32 Å². The van der Waals surface area contributed by atoms with Gasteiger partial charge in [0.2, 0.25) is 11.8 Å². The van der Waals surface area contributed by atoms with E-state index in [-0.39, 0.29) is 17.7 Å². The molecule has 120 valence electrons. The molecule has 1 saturated heterocycles. The van der Waals surface area contributed by atoms with E-state index in [1.807, 2.05) is 4.90 Å². The molecule has 1 N–H and O–H groups in total. The Morgan fingerprint density at radius 3 is 3.00 bits per heavy atom. The van der Waals surface area contributed by atoms with Crippen LogP contribution in [-0.2, 0) is 22.4 Å². The second kappa shape index (κ2) is 6.77. The zero-order valence-electron chi connectivity index (χ0n) is 13.1. The smallest absolute Gasteiger partial charge is 0.231 e. The number of aromatic nitrogens is 1. The minimum Gasteiger partial charge on any atom is -0.342 e. The van der Waals surface area contributed by atoms with Crippen LogP contribution in [0.25, 0.3) is 0 Å². The summed E-state index contributed by atoms with van der Waals surface area (Å²) >= 11 is 1.60. The van der Waals surface area contributed by atoms with E-state index in [0.29, 0.717) is 18.1 Å². The number of fused-ring (bicyclic) bond motifs is 1. The molecule has 2 aliphatic rings. The Kier molecular flexibility index (Phi) is 4.76. The number of amides is 2. The maximum Gasteiger partial charge on any atom is 0.231 e. The fourth-order valence-electron chi connectivity index (χ4n) is 3.13. The summed E-state index contributed by atoms with van der Waals surface area (Å²) in [4.78, 5) is 32.0. The summed E-state index contributed by atoms with van der Waals surface area (Å²) in [6, 6.07) is 0. The number of nitrogens with one attached hydrogen (secondary N) is 1. The molecule has 3 rings (SSSR count). The lowest BCUT2D eigenvalue weighted by atomic mass is 10.0. The summed E-state index contributed by atoms with van der Waals surface area (Å²) in [6.07, 6.45) is 6.90. The summed E-state index contributed by atoms with van der Waals surface area (Å²) < 4.78 is 0. The standard InChI is InChI=1S/C16H23N3O2S/c1-2-3-8-19-10-11(9-14(19)20)15(21)18-16-17-12-6-4-5-7-13(12)22-16/h11H,2-10H2,1H3,(H,17,18,21). The summed E-state index contributed by atoms with van der Waals surface area (Å²) in [5, 5.41) is 3.63. The molecule has 5 nitrogen and oxygen atoms in total. The lowest BCUT2D eigenvalue weighted by Gasteiger charge is -2.15. The number of nitrogens with zero attached hydrogens (tertiary/aromatic N) is 2. The Morgan fingerprint density at radius 1 is 1.41 bits per heavy atom. The molecule has 1 aromatic rings. The van der Waals surface area contributed by atoms with E-state index in [4.69, 9.17) is 0 Å². The van der Waals surface area contributed by atoms with Crippen molar-refractivity contribution in [1.82, 2.24) is 9.88 Å². The molecular formula is C16H23N3O2S. The first-order valence-corrected chi connectivity index (χ1v) is 9.06. The number of thiazole rings is 1. The molecule has 22 heavy (non-hydrogen) atoms. The molecule has 1 aromatic heterocycles. The van der Waals surface area contributed by atoms with E-state index in [0.717, 1.165) is 37.9 Å². The van der Waals surface area contributed by atoms with Crippen LogP contribution in [-0.4, -0.2) is 34.8 Å². The monoisotopic (exact) mass is 321 g/mol. The molecule has 6 heteroatoms. The van der Waals surface area contributed by atoms with Crippen LogP contribution in [0, 0.1) is 5.92 Å². The van der Waals surface area contributed by atoms with Crippen molar-refractivity contribution in [3.63, 3.8) is 0 Å². The van der Waals surface area contributed by atoms with Gasteiger partial charge in [0.05, 0.1) is 11.6 Å². The minimum absolute atomic E-state index is 0.0570. The molecule has 1 fully saturated rings. The van der Waals surface area contributed by atoms with Crippen LogP contribution in [0.2, 0.25) is 0 Å². The van der Waals surface area contributed by atoms with Crippen LogP contribution in [0.3, 0.4) is 0 Å². The molecule has 2 amide bonds. The van der Waals surface area contributed by atoms with Gasteiger partial charge in [0.1, 0.15) is 0 Å². The number of rotatable bonds is 5. The molecular weight excluding hydrogens is 298 g/mol. The fourth-order valence-corrected chi connectivity index (χ4v) is 4.18. The second-order valence-corrected chi connectivity index (χ2v) is 7.26. The maximum atomic E-state index is 12.4. The third kappa shape index (κ3) is 3.32. The first kappa shape index (κ1) is 15.5. The predicted octanol–water partition coefficient (Wildman–Crippen LogP) is 2.61. The first-order valence-electron chi connectivity index (χ1n) is 8.24. The van der Waals surface area contributed by atoms with Crippen molar-refractivity contribution in [2.24, 2.45) is 5.92 Å². The first-order chi connectivity index (χ1) is 10.7. The Labute approximate surface area is 135 Å². The van der Waals surface area contributed by atoms with Crippen molar-refractivity contribution in [2.75, 3.05) is 18.4 Å². The van der Waals surface area contributed by atoms with Crippen molar-refractivity contribution < 1.29 is 9.59 Å². The Balaban J connectivity index is 1.58. The molecule has 1 aliphatic heterocycles. The van der Waals surface area contributed by atoms with E-state index in [2.05, 4.69) is 17.2 Å². The summed E-state index contributed by atoms with van der Waals surface area (Å²) in [5.74, 6) is -0.184. The van der Waals surface area contributed by atoms with Gasteiger partial charge < -0.3 is 10.2 Å². The SMILES string of the molecule is CCCCN1CC(C(=O)Nc2nc3c(s2)CCCC3)CC1=O. The summed E-state index contributed by atoms with van der Waals surface area (Å²) in [7, 11) is 0. The van der Waals surface area contributed by atoms with Crippen molar-refractivity contribution in [2.45, 2.75) is 51.9 Å². The van der Waals surface area contributed by atoms with Gasteiger partial charge in [-0.25, -0.2) is 4.98 Å². The summed E-state index contributed by atoms with van der Waals surface area (Å²) in [6.45, 7) is 3.43. The highest BCUT2D eigenvalue weighted by Gasteiger charge is 2.34. The largest absolute Gasteiger partial charge is 0.342 e. The number of hydrogen-bond acceptors (Lipinski definition) is 4. The third-order valence-electron chi connectivity index (χ3n) is 4.44. The normalized spacial score (nSPS) is 21.0. The lowest BCUT2D eigenvalue weighted by molar-refractivity contribution is -0.128. The Hall–Kier alpha value is -1.43. The molecule has 0 radical (unpaired) electrons. The highest BCUT2D eigenvalue weighted by atomic mass is 32.1. The van der Waals surface area contributed by atoms with Crippen molar-refractivity contribution in [3.05, 3.63) is 10.6 Å². The van der Waals surface area contributed by atoms with E-state index in [1.54, 1.807) is 11.3 Å². The van der Waals surface area contributed by atoms with Crippen LogP contribution in [0.5, 0.6) is 0 Å². The van der Waals surface area contributed by atoms with Gasteiger partial charge in [-0.2, -0.15) is 0 Å². The average molecular weight is 321 g/mol. The van der Waals surface area contributed by atoms with E-state index < -0.39 is 0 Å². The Morgan fingerprint density at radius 2 is 2.23 bits per heavy atom. The topological polar surface area (TPSA) is 62.3 Å². The maximum absolute atomic E-state index is 12.4. The Bertz CT molecular complexity index is 546. The second-order valence-electron chi connectivity index (χ2n) is 6.18. The van der Waals surface area contributed by atoms with Crippen LogP contribution in [0.1, 0.15) is 49.6 Å². The number of carbonyl (C=O) groups excluding carboxylic acids is 2. The highest BCUT2D eigenvalue weighted by Crippen LogP contribution is 2.30. The molecule has 0 aromatic carbocycles. The van der Waals surface area contributed by atoms with Crippen molar-refractivity contribution in [1.29, 1.82) is 0 Å². The van der Waals surface area contributed by atoms with Crippen LogP contribution in [0.4, 0.5) is 5.13 Å². The van der Waals surface area contributed by atoms with Gasteiger partial charge in [0, 0.05) is 24.4 Å². The number of anilines is 1.